The molecule has 0 radical (unpaired) electrons. The summed E-state index contributed by atoms with van der Waals surface area (Å²) in [6.45, 7) is 12.1. The topological polar surface area (TPSA) is 94.9 Å². The fourth-order valence-corrected chi connectivity index (χ4v) is 3.47. The lowest BCUT2D eigenvalue weighted by Gasteiger charge is -2.33. The lowest BCUT2D eigenvalue weighted by molar-refractivity contribution is -0.133. The molecule has 2 aliphatic rings. The highest BCUT2D eigenvalue weighted by atomic mass is 16.6. The Hall–Kier alpha value is -1.85. The van der Waals surface area contributed by atoms with Crippen LogP contribution in [0.4, 0.5) is 4.79 Å². The van der Waals surface area contributed by atoms with E-state index < -0.39 is 17.7 Å². The molecule has 2 amide bonds. The summed E-state index contributed by atoms with van der Waals surface area (Å²) >= 11 is 0. The van der Waals surface area contributed by atoms with Gasteiger partial charge in [0.25, 0.3) is 5.91 Å². The number of amides is 2. The van der Waals surface area contributed by atoms with E-state index in [0.717, 1.165) is 19.5 Å². The van der Waals surface area contributed by atoms with E-state index in [2.05, 4.69) is 16.3 Å². The number of likely N-dealkylation sites (tertiary alicyclic amines) is 1. The maximum atomic E-state index is 13.1. The summed E-state index contributed by atoms with van der Waals surface area (Å²) in [4.78, 5) is 29.3. The van der Waals surface area contributed by atoms with Crippen molar-refractivity contribution in [2.24, 2.45) is 5.41 Å². The molecule has 0 aromatic rings. The van der Waals surface area contributed by atoms with E-state index in [4.69, 9.17) is 9.47 Å². The minimum Gasteiger partial charge on any atom is -0.436 e. The first-order valence-corrected chi connectivity index (χ1v) is 10.2. The molecule has 0 aromatic heterocycles. The summed E-state index contributed by atoms with van der Waals surface area (Å²) in [5.74, 6) is -0.386. The second kappa shape index (κ2) is 9.57. The SMILES string of the molecule is CCN1CCC(C#N)(NC(=O)C(CC(C)(C)CC)OC(=O)N2CCOCC2)C1. The van der Waals surface area contributed by atoms with Crippen molar-refractivity contribution in [3.8, 4) is 6.07 Å². The van der Waals surface area contributed by atoms with Gasteiger partial charge < -0.3 is 24.6 Å². The van der Waals surface area contributed by atoms with Crippen LogP contribution in [0.1, 0.15) is 47.0 Å². The van der Waals surface area contributed by atoms with Crippen LogP contribution in [-0.4, -0.2) is 79.4 Å². The van der Waals surface area contributed by atoms with Crippen molar-refractivity contribution >= 4 is 12.0 Å². The molecule has 0 bridgehead atoms. The van der Waals surface area contributed by atoms with Gasteiger partial charge in [-0.3, -0.25) is 4.79 Å². The van der Waals surface area contributed by atoms with Gasteiger partial charge in [0.1, 0.15) is 5.54 Å². The maximum Gasteiger partial charge on any atom is 0.410 e. The Morgan fingerprint density at radius 2 is 1.96 bits per heavy atom. The smallest absolute Gasteiger partial charge is 0.410 e. The van der Waals surface area contributed by atoms with Gasteiger partial charge in [0.2, 0.25) is 0 Å². The van der Waals surface area contributed by atoms with Crippen molar-refractivity contribution in [1.29, 1.82) is 5.26 Å². The fourth-order valence-electron chi connectivity index (χ4n) is 3.47. The van der Waals surface area contributed by atoms with Crippen molar-refractivity contribution in [1.82, 2.24) is 15.1 Å². The van der Waals surface area contributed by atoms with Gasteiger partial charge in [-0.2, -0.15) is 5.26 Å². The lowest BCUT2D eigenvalue weighted by atomic mass is 9.83. The van der Waals surface area contributed by atoms with Crippen LogP contribution in [0.2, 0.25) is 0 Å². The van der Waals surface area contributed by atoms with Crippen LogP contribution in [0.3, 0.4) is 0 Å². The number of carbonyl (C=O) groups excluding carboxylic acids is 2. The molecular weight excluding hydrogens is 360 g/mol. The molecule has 2 heterocycles. The molecule has 2 aliphatic heterocycles. The Labute approximate surface area is 168 Å². The molecule has 0 spiro atoms. The lowest BCUT2D eigenvalue weighted by Crippen LogP contribution is -2.54. The zero-order valence-electron chi connectivity index (χ0n) is 17.6. The van der Waals surface area contributed by atoms with E-state index in [-0.39, 0.29) is 11.3 Å². The molecule has 158 valence electrons. The summed E-state index contributed by atoms with van der Waals surface area (Å²) in [6.07, 6.45) is 0.405. The molecule has 2 saturated heterocycles. The molecule has 28 heavy (non-hydrogen) atoms. The third-order valence-corrected chi connectivity index (χ3v) is 5.87. The Morgan fingerprint density at radius 1 is 1.29 bits per heavy atom. The van der Waals surface area contributed by atoms with Crippen LogP contribution < -0.4 is 5.32 Å². The molecule has 2 unspecified atom stereocenters. The Balaban J connectivity index is 2.10. The molecule has 1 N–H and O–H groups in total. The molecule has 2 fully saturated rings. The van der Waals surface area contributed by atoms with E-state index >= 15 is 0 Å². The normalized spacial score (nSPS) is 24.5. The highest BCUT2D eigenvalue weighted by Gasteiger charge is 2.42. The van der Waals surface area contributed by atoms with Crippen molar-refractivity contribution in [2.45, 2.75) is 58.6 Å². The van der Waals surface area contributed by atoms with Crippen molar-refractivity contribution < 1.29 is 19.1 Å². The van der Waals surface area contributed by atoms with E-state index in [0.29, 0.717) is 45.7 Å². The monoisotopic (exact) mass is 394 g/mol. The largest absolute Gasteiger partial charge is 0.436 e. The predicted octanol–water partition coefficient (Wildman–Crippen LogP) is 1.75. The van der Waals surface area contributed by atoms with Gasteiger partial charge in [-0.05, 0) is 24.8 Å². The highest BCUT2D eigenvalue weighted by molar-refractivity contribution is 5.84. The van der Waals surface area contributed by atoms with E-state index in [1.54, 1.807) is 4.90 Å². The molecular formula is C20H34N4O4. The Bertz CT molecular complexity index is 598. The van der Waals surface area contributed by atoms with Crippen LogP contribution in [0.5, 0.6) is 0 Å². The Morgan fingerprint density at radius 3 is 2.50 bits per heavy atom. The molecule has 2 rings (SSSR count). The summed E-state index contributed by atoms with van der Waals surface area (Å²) in [5, 5.41) is 12.6. The van der Waals surface area contributed by atoms with Crippen molar-refractivity contribution in [3.05, 3.63) is 0 Å². The maximum absolute atomic E-state index is 13.1. The standard InChI is InChI=1S/C20H34N4O4/c1-5-19(3,4)13-16(28-18(26)24-9-11-27-12-10-24)17(25)22-20(14-21)7-8-23(6-2)15-20/h16H,5-13,15H2,1-4H3,(H,22,25). The second-order valence-electron chi connectivity index (χ2n) is 8.50. The summed E-state index contributed by atoms with van der Waals surface area (Å²) in [6, 6.07) is 2.28. The number of nitrogens with zero attached hydrogens (tertiary/aromatic N) is 3. The summed E-state index contributed by atoms with van der Waals surface area (Å²) in [7, 11) is 0. The first-order valence-electron chi connectivity index (χ1n) is 10.2. The van der Waals surface area contributed by atoms with Crippen LogP contribution in [0.15, 0.2) is 0 Å². The van der Waals surface area contributed by atoms with Gasteiger partial charge in [-0.15, -0.1) is 0 Å². The summed E-state index contributed by atoms with van der Waals surface area (Å²) in [5.41, 5.74) is -1.09. The number of hydrogen-bond donors (Lipinski definition) is 1. The zero-order valence-corrected chi connectivity index (χ0v) is 17.6. The molecule has 2 atom stereocenters. The minimum absolute atomic E-state index is 0.168. The molecule has 8 heteroatoms. The average Bonchev–Trinajstić information content (AvgIpc) is 3.11. The predicted molar refractivity (Wildman–Crippen MR) is 105 cm³/mol. The number of ether oxygens (including phenoxy) is 2. The zero-order chi connectivity index (χ0) is 20.8. The molecule has 0 saturated carbocycles. The fraction of sp³-hybridized carbons (Fsp3) is 0.850. The third kappa shape index (κ3) is 5.82. The van der Waals surface area contributed by atoms with Crippen LogP contribution in [0, 0.1) is 16.7 Å². The van der Waals surface area contributed by atoms with Crippen LogP contribution >= 0.6 is 0 Å². The molecule has 0 aliphatic carbocycles. The molecule has 0 aromatic carbocycles. The second-order valence-corrected chi connectivity index (χ2v) is 8.50. The molecule has 8 nitrogen and oxygen atoms in total. The first kappa shape index (κ1) is 22.4. The summed E-state index contributed by atoms with van der Waals surface area (Å²) < 4.78 is 10.9. The number of carbonyl (C=O) groups is 2. The van der Waals surface area contributed by atoms with Gasteiger partial charge in [-0.25, -0.2) is 4.79 Å². The van der Waals surface area contributed by atoms with E-state index in [9.17, 15) is 14.9 Å². The van der Waals surface area contributed by atoms with Crippen LogP contribution in [-0.2, 0) is 14.3 Å². The first-order chi connectivity index (χ1) is 13.2. The number of nitriles is 1. The quantitative estimate of drug-likeness (QED) is 0.707. The Kier molecular flexibility index (Phi) is 7.67. The number of morpholine rings is 1. The number of rotatable bonds is 7. The van der Waals surface area contributed by atoms with Gasteiger partial charge in [0, 0.05) is 26.2 Å². The minimum atomic E-state index is -0.925. The van der Waals surface area contributed by atoms with Gasteiger partial charge in [0.15, 0.2) is 6.10 Å². The van der Waals surface area contributed by atoms with Gasteiger partial charge in [0.05, 0.1) is 19.3 Å². The van der Waals surface area contributed by atoms with Crippen LogP contribution in [0.25, 0.3) is 0 Å². The van der Waals surface area contributed by atoms with E-state index in [1.165, 1.54) is 0 Å². The van der Waals surface area contributed by atoms with Gasteiger partial charge in [-0.1, -0.05) is 34.1 Å². The van der Waals surface area contributed by atoms with Gasteiger partial charge >= 0.3 is 6.09 Å². The number of nitrogens with one attached hydrogen (secondary N) is 1. The third-order valence-electron chi connectivity index (χ3n) is 5.87. The van der Waals surface area contributed by atoms with Crippen molar-refractivity contribution in [2.75, 3.05) is 45.9 Å². The number of likely N-dealkylation sites (N-methyl/N-ethyl adjacent to an activating group) is 1. The van der Waals surface area contributed by atoms with E-state index in [1.807, 2.05) is 27.7 Å². The average molecular weight is 395 g/mol. The number of hydrogen-bond acceptors (Lipinski definition) is 6. The highest BCUT2D eigenvalue weighted by Crippen LogP contribution is 2.29. The van der Waals surface area contributed by atoms with Crippen molar-refractivity contribution in [3.63, 3.8) is 0 Å².